The minimum atomic E-state index is -2.50. The molecule has 1 fully saturated rings. The first-order valence-corrected chi connectivity index (χ1v) is 12.4. The number of nitrogens with one attached hydrogen (secondary N) is 2. The summed E-state index contributed by atoms with van der Waals surface area (Å²) in [6.07, 6.45) is 4.34. The Morgan fingerprint density at radius 2 is 2.10 bits per heavy atom. The third kappa shape index (κ3) is 5.19. The predicted octanol–water partition coefficient (Wildman–Crippen LogP) is 5.26. The van der Waals surface area contributed by atoms with E-state index < -0.39 is 9.63 Å². The monoisotopic (exact) mass is 435 g/mol. The van der Waals surface area contributed by atoms with Gasteiger partial charge in [-0.1, -0.05) is 30.7 Å². The molecule has 1 saturated carbocycles. The first-order valence-electron chi connectivity index (χ1n) is 9.33. The van der Waals surface area contributed by atoms with Crippen molar-refractivity contribution in [2.75, 3.05) is 23.3 Å². The zero-order valence-corrected chi connectivity index (χ0v) is 18.1. The second-order valence-electron chi connectivity index (χ2n) is 7.15. The molecule has 1 amide bonds. The number of carbonyl (C=O) groups excluding carboxylic acids is 1. The number of amides is 1. The van der Waals surface area contributed by atoms with Gasteiger partial charge in [-0.3, -0.25) is 4.79 Å². The number of nitrogen functional groups attached to an aromatic ring is 1. The van der Waals surface area contributed by atoms with Gasteiger partial charge in [-0.2, -0.15) is 3.89 Å². The van der Waals surface area contributed by atoms with Crippen LogP contribution in [0.25, 0.3) is 6.08 Å². The molecule has 1 atom stereocenters. The molecule has 0 radical (unpaired) electrons. The predicted molar refractivity (Wildman–Crippen MR) is 122 cm³/mol. The number of allylic oxidation sites excluding steroid dienone is 1. The van der Waals surface area contributed by atoms with Crippen LogP contribution >= 0.6 is 20.4 Å². The molecule has 1 heterocycles. The Balaban J connectivity index is 0.000000166. The van der Waals surface area contributed by atoms with Crippen LogP contribution in [0, 0.1) is 5.92 Å². The van der Waals surface area contributed by atoms with Crippen LogP contribution in [0.4, 0.5) is 15.3 Å². The molecule has 29 heavy (non-hydrogen) atoms. The number of phenols is 1. The van der Waals surface area contributed by atoms with Crippen molar-refractivity contribution in [2.45, 2.75) is 24.7 Å². The van der Waals surface area contributed by atoms with Crippen molar-refractivity contribution in [3.8, 4) is 5.75 Å². The van der Waals surface area contributed by atoms with Crippen LogP contribution in [-0.4, -0.2) is 23.8 Å². The van der Waals surface area contributed by atoms with E-state index in [1.807, 2.05) is 24.3 Å². The highest BCUT2D eigenvalue weighted by Gasteiger charge is 2.38. The number of nitrogens with two attached hydrogens (primary N) is 1. The van der Waals surface area contributed by atoms with Gasteiger partial charge in [0.1, 0.15) is 5.75 Å². The average molecular weight is 436 g/mol. The molecule has 2 aromatic rings. The van der Waals surface area contributed by atoms with Crippen molar-refractivity contribution in [3.63, 3.8) is 0 Å². The second kappa shape index (κ2) is 9.00. The molecule has 0 spiro atoms. The Morgan fingerprint density at radius 3 is 2.76 bits per heavy atom. The smallest absolute Gasteiger partial charge is 0.230 e. The lowest BCUT2D eigenvalue weighted by Gasteiger charge is -2.41. The maximum Gasteiger partial charge on any atom is 0.230 e. The van der Waals surface area contributed by atoms with Gasteiger partial charge in [0.05, 0.1) is 26.0 Å². The fourth-order valence-electron chi connectivity index (χ4n) is 3.09. The standard InChI is InChI=1S/C12H15NO.C9H11FN2OS2/c1-8-4-9(5-8)6-10-7-11(13)2-3-12(10)14;1-11-9(13)6-14-15(10)8-5-3-2-4-7(8)12-15/h2-3,6-8,14H,4-5,13H2,1H3;2-5,12H,6H2,1H3,(H,11,13). The second-order valence-corrected chi connectivity index (χ2v) is 11.4. The van der Waals surface area contributed by atoms with Gasteiger partial charge in [-0.15, -0.1) is 0 Å². The van der Waals surface area contributed by atoms with E-state index in [0.717, 1.165) is 40.8 Å². The summed E-state index contributed by atoms with van der Waals surface area (Å²) < 4.78 is 16.9. The van der Waals surface area contributed by atoms with Crippen LogP contribution in [0.15, 0.2) is 52.9 Å². The van der Waals surface area contributed by atoms with E-state index in [2.05, 4.69) is 17.0 Å². The van der Waals surface area contributed by atoms with Crippen LogP contribution in [-0.2, 0) is 4.79 Å². The molecule has 2 aliphatic rings. The van der Waals surface area contributed by atoms with Crippen molar-refractivity contribution in [1.82, 2.24) is 5.32 Å². The fourth-order valence-corrected chi connectivity index (χ4v) is 6.84. The number of halogens is 1. The van der Waals surface area contributed by atoms with Gasteiger partial charge in [0, 0.05) is 18.3 Å². The van der Waals surface area contributed by atoms with Crippen molar-refractivity contribution >= 4 is 43.8 Å². The van der Waals surface area contributed by atoms with Gasteiger partial charge in [0.15, 0.2) is 0 Å². The highest BCUT2D eigenvalue weighted by atomic mass is 33.2. The summed E-state index contributed by atoms with van der Waals surface area (Å²) in [6, 6.07) is 12.4. The van der Waals surface area contributed by atoms with Gasteiger partial charge in [0.2, 0.25) is 5.91 Å². The Morgan fingerprint density at radius 1 is 1.38 bits per heavy atom. The number of anilines is 2. The minimum absolute atomic E-state index is 0.143. The number of benzene rings is 2. The molecule has 1 unspecified atom stereocenters. The van der Waals surface area contributed by atoms with E-state index in [9.17, 15) is 13.8 Å². The Kier molecular flexibility index (Phi) is 6.64. The molecule has 1 aliphatic carbocycles. The molecule has 0 bridgehead atoms. The molecule has 0 aromatic heterocycles. The van der Waals surface area contributed by atoms with Crippen LogP contribution in [0.2, 0.25) is 0 Å². The van der Waals surface area contributed by atoms with Crippen LogP contribution in [0.1, 0.15) is 25.3 Å². The van der Waals surface area contributed by atoms with Gasteiger partial charge in [0.25, 0.3) is 0 Å². The van der Waals surface area contributed by atoms with Crippen LogP contribution in [0.5, 0.6) is 5.75 Å². The van der Waals surface area contributed by atoms with Crippen molar-refractivity contribution in [3.05, 3.63) is 53.6 Å². The quantitative estimate of drug-likeness (QED) is 0.299. The summed E-state index contributed by atoms with van der Waals surface area (Å²) in [4.78, 5) is 11.7. The summed E-state index contributed by atoms with van der Waals surface area (Å²) >= 11 is 0. The average Bonchev–Trinajstić information content (AvgIpc) is 2.67. The fraction of sp³-hybridized carbons (Fsp3) is 0.286. The van der Waals surface area contributed by atoms with Crippen molar-refractivity contribution in [1.29, 1.82) is 0 Å². The van der Waals surface area contributed by atoms with Gasteiger partial charge in [-0.05, 0) is 59.9 Å². The number of fused-ring (bicyclic) bond motifs is 1. The Hall–Kier alpha value is -2.32. The number of phenolic OH excluding ortho intramolecular Hbond substituents is 1. The highest BCUT2D eigenvalue weighted by Crippen LogP contribution is 2.75. The maximum absolute atomic E-state index is 14.2. The molecule has 8 heteroatoms. The van der Waals surface area contributed by atoms with E-state index in [0.29, 0.717) is 16.3 Å². The SMILES string of the molecule is CC1CC(=Cc2cc(N)ccc2O)C1.CNC(=O)CSS1(F)Nc2ccccc21. The number of hydrogen-bond donors (Lipinski definition) is 4. The minimum Gasteiger partial charge on any atom is -0.507 e. The molecule has 0 saturated heterocycles. The number of rotatable bonds is 4. The molecule has 156 valence electrons. The summed E-state index contributed by atoms with van der Waals surface area (Å²) in [5.41, 5.74) is 9.42. The molecule has 5 nitrogen and oxygen atoms in total. The number of carbonyl (C=O) groups is 1. The molecule has 1 aliphatic heterocycles. The topological polar surface area (TPSA) is 87.4 Å². The number of aromatic hydroxyl groups is 1. The highest BCUT2D eigenvalue weighted by molar-refractivity contribution is 8.93. The largest absolute Gasteiger partial charge is 0.507 e. The Bertz CT molecular complexity index is 930. The number of hydrogen-bond acceptors (Lipinski definition) is 5. The van der Waals surface area contributed by atoms with Gasteiger partial charge >= 0.3 is 0 Å². The first kappa shape index (κ1) is 21.4. The van der Waals surface area contributed by atoms with E-state index in [1.165, 1.54) is 5.57 Å². The lowest BCUT2D eigenvalue weighted by atomic mass is 9.80. The van der Waals surface area contributed by atoms with Gasteiger partial charge < -0.3 is 20.9 Å². The van der Waals surface area contributed by atoms with Crippen molar-refractivity contribution < 1.29 is 13.8 Å². The third-order valence-corrected chi connectivity index (χ3v) is 8.90. The molecule has 2 aromatic carbocycles. The molecular formula is C21H26FN3O2S2. The summed E-state index contributed by atoms with van der Waals surface area (Å²) in [7, 11) is 0.0837. The normalized spacial score (nSPS) is 23.6. The lowest BCUT2D eigenvalue weighted by molar-refractivity contribution is -0.118. The van der Waals surface area contributed by atoms with Crippen LogP contribution < -0.4 is 15.8 Å². The first-order chi connectivity index (χ1) is 13.8. The van der Waals surface area contributed by atoms with Crippen LogP contribution in [0.3, 0.4) is 0 Å². The van der Waals surface area contributed by atoms with Crippen molar-refractivity contribution in [2.24, 2.45) is 5.92 Å². The van der Waals surface area contributed by atoms with E-state index in [4.69, 9.17) is 5.73 Å². The third-order valence-electron chi connectivity index (χ3n) is 4.67. The molecular weight excluding hydrogens is 409 g/mol. The lowest BCUT2D eigenvalue weighted by Crippen LogP contribution is -2.22. The van der Waals surface area contributed by atoms with E-state index in [-0.39, 0.29) is 11.7 Å². The number of para-hydroxylation sites is 1. The van der Waals surface area contributed by atoms with E-state index in [1.54, 1.807) is 31.3 Å². The maximum atomic E-state index is 14.2. The van der Waals surface area contributed by atoms with Gasteiger partial charge in [-0.25, -0.2) is 0 Å². The van der Waals surface area contributed by atoms with E-state index >= 15 is 0 Å². The molecule has 4 rings (SSSR count). The molecule has 5 N–H and O–H groups in total. The Labute approximate surface area is 176 Å². The summed E-state index contributed by atoms with van der Waals surface area (Å²) in [5, 5.41) is 12.0. The summed E-state index contributed by atoms with van der Waals surface area (Å²) in [6.45, 7) is 2.23. The zero-order valence-electron chi connectivity index (χ0n) is 16.4. The zero-order chi connectivity index (χ0) is 21.0. The summed E-state index contributed by atoms with van der Waals surface area (Å²) in [5.74, 6) is 1.09.